The van der Waals surface area contributed by atoms with Crippen LogP contribution in [-0.2, 0) is 25.7 Å². The first-order valence-electron chi connectivity index (χ1n) is 15.6. The van der Waals surface area contributed by atoms with E-state index in [1.165, 1.54) is 6.08 Å². The molecule has 3 atom stereocenters. The Morgan fingerprint density at radius 3 is 2.09 bits per heavy atom. The molecular weight excluding hydrogens is 586 g/mol. The Labute approximate surface area is 271 Å². The van der Waals surface area contributed by atoms with E-state index >= 15 is 0 Å². The van der Waals surface area contributed by atoms with E-state index in [1.54, 1.807) is 6.08 Å². The molecule has 0 aromatic heterocycles. The molecule has 2 aromatic carbocycles. The normalized spacial score (nSPS) is 13.0. The Bertz CT molecular complexity index is 1300. The number of carbonyl (C=O) groups excluding carboxylic acids is 4. The van der Waals surface area contributed by atoms with E-state index in [9.17, 15) is 19.2 Å². The molecule has 250 valence electrons. The average molecular weight is 636 g/mol. The number of benzene rings is 2. The van der Waals surface area contributed by atoms with E-state index in [2.05, 4.69) is 26.3 Å². The smallest absolute Gasteiger partial charge is 0.408 e. The average Bonchev–Trinajstić information content (AvgIpc) is 3.02. The summed E-state index contributed by atoms with van der Waals surface area (Å²) in [7, 11) is 0. The van der Waals surface area contributed by atoms with Crippen LogP contribution in [0.15, 0.2) is 71.7 Å². The zero-order chi connectivity index (χ0) is 33.9. The predicted octanol–water partition coefficient (Wildman–Crippen LogP) is 2.84. The fraction of sp³-hybridized carbons (Fsp3) is 0.441. The van der Waals surface area contributed by atoms with Crippen LogP contribution in [0.4, 0.5) is 4.79 Å². The number of guanidine groups is 1. The van der Waals surface area contributed by atoms with Crippen LogP contribution in [0.25, 0.3) is 6.08 Å². The minimum Gasteiger partial charge on any atom is -0.445 e. The van der Waals surface area contributed by atoms with Crippen molar-refractivity contribution in [3.05, 3.63) is 77.9 Å². The van der Waals surface area contributed by atoms with E-state index in [4.69, 9.17) is 16.2 Å². The van der Waals surface area contributed by atoms with E-state index in [-0.39, 0.29) is 55.7 Å². The van der Waals surface area contributed by atoms with Crippen molar-refractivity contribution >= 4 is 35.9 Å². The maximum Gasteiger partial charge on any atom is 0.408 e. The molecule has 0 saturated heterocycles. The zero-order valence-electron chi connectivity index (χ0n) is 27.2. The van der Waals surface area contributed by atoms with Gasteiger partial charge in [0, 0.05) is 25.2 Å². The van der Waals surface area contributed by atoms with Gasteiger partial charge in [0.25, 0.3) is 0 Å². The molecule has 2 rings (SSSR count). The second-order valence-electron chi connectivity index (χ2n) is 11.7. The summed E-state index contributed by atoms with van der Waals surface area (Å²) >= 11 is 0. The standard InChI is InChI=1S/C34H49N7O5/c1-23(2)20-28(32(44)40-29(24(3)4)21-38-30(42)18-17-25-12-7-5-8-13-25)39-31(43)27(16-11-19-37-33(35)36)41-34(45)46-22-26-14-9-6-10-15-26/h5-10,12-15,17-18,23-24,27-29H,11,16,19-22H2,1-4H3,(H,38,42)(H,39,43)(H,40,44)(H,41,45)(H4,35,36,37)/t27-,28+,29-/m1/s1. The molecule has 12 nitrogen and oxygen atoms in total. The largest absolute Gasteiger partial charge is 0.445 e. The number of hydrogen-bond donors (Lipinski definition) is 6. The number of ether oxygens (including phenoxy) is 1. The first kappa shape index (κ1) is 37.3. The molecule has 8 N–H and O–H groups in total. The summed E-state index contributed by atoms with van der Waals surface area (Å²) in [5.41, 5.74) is 12.5. The Hall–Kier alpha value is -4.87. The summed E-state index contributed by atoms with van der Waals surface area (Å²) in [5.74, 6) is -1.23. The molecule has 0 radical (unpaired) electrons. The minimum atomic E-state index is -1.00. The van der Waals surface area contributed by atoms with Crippen LogP contribution in [0.5, 0.6) is 0 Å². The third kappa shape index (κ3) is 15.2. The van der Waals surface area contributed by atoms with Crippen LogP contribution >= 0.6 is 0 Å². The fourth-order valence-electron chi connectivity index (χ4n) is 4.40. The number of amides is 4. The summed E-state index contributed by atoms with van der Waals surface area (Å²) in [6, 6.07) is 16.3. The van der Waals surface area contributed by atoms with Gasteiger partial charge in [-0.05, 0) is 48.3 Å². The number of rotatable bonds is 18. The van der Waals surface area contributed by atoms with Gasteiger partial charge in [-0.3, -0.25) is 19.4 Å². The van der Waals surface area contributed by atoms with Gasteiger partial charge in [-0.1, -0.05) is 88.4 Å². The molecule has 0 fully saturated rings. The van der Waals surface area contributed by atoms with E-state index in [0.29, 0.717) is 12.8 Å². The number of carbonyl (C=O) groups is 4. The van der Waals surface area contributed by atoms with Crippen LogP contribution in [0.2, 0.25) is 0 Å². The summed E-state index contributed by atoms with van der Waals surface area (Å²) in [4.78, 5) is 56.0. The summed E-state index contributed by atoms with van der Waals surface area (Å²) in [6.07, 6.45) is 3.34. The van der Waals surface area contributed by atoms with Crippen LogP contribution in [-0.4, -0.2) is 61.0 Å². The van der Waals surface area contributed by atoms with Gasteiger partial charge >= 0.3 is 6.09 Å². The van der Waals surface area contributed by atoms with Crippen LogP contribution in [0.1, 0.15) is 58.1 Å². The number of aliphatic imine (C=N–C) groups is 1. The highest BCUT2D eigenvalue weighted by Crippen LogP contribution is 2.10. The monoisotopic (exact) mass is 635 g/mol. The molecule has 0 aliphatic carbocycles. The predicted molar refractivity (Wildman–Crippen MR) is 180 cm³/mol. The highest BCUT2D eigenvalue weighted by molar-refractivity contribution is 5.92. The molecule has 0 saturated carbocycles. The van der Waals surface area contributed by atoms with Gasteiger partial charge in [0.15, 0.2) is 5.96 Å². The van der Waals surface area contributed by atoms with Gasteiger partial charge in [-0.2, -0.15) is 0 Å². The topological polar surface area (TPSA) is 190 Å². The van der Waals surface area contributed by atoms with Crippen molar-refractivity contribution in [3.63, 3.8) is 0 Å². The minimum absolute atomic E-state index is 0.0120. The van der Waals surface area contributed by atoms with E-state index in [1.807, 2.05) is 88.4 Å². The Kier molecular flexibility index (Phi) is 16.4. The first-order chi connectivity index (χ1) is 21.9. The molecule has 0 aliphatic rings. The van der Waals surface area contributed by atoms with Crippen LogP contribution in [0.3, 0.4) is 0 Å². The van der Waals surface area contributed by atoms with Crippen LogP contribution in [0, 0.1) is 11.8 Å². The summed E-state index contributed by atoms with van der Waals surface area (Å²) in [5, 5.41) is 11.3. The van der Waals surface area contributed by atoms with E-state index in [0.717, 1.165) is 11.1 Å². The Balaban J connectivity index is 2.06. The number of nitrogens with zero attached hydrogens (tertiary/aromatic N) is 1. The molecule has 0 unspecified atom stereocenters. The van der Waals surface area contributed by atoms with Crippen molar-refractivity contribution in [2.24, 2.45) is 28.3 Å². The molecule has 12 heteroatoms. The molecule has 0 aliphatic heterocycles. The molecule has 0 spiro atoms. The van der Waals surface area contributed by atoms with Crippen LogP contribution < -0.4 is 32.7 Å². The lowest BCUT2D eigenvalue weighted by molar-refractivity contribution is -0.131. The third-order valence-corrected chi connectivity index (χ3v) is 6.96. The van der Waals surface area contributed by atoms with Crippen molar-refractivity contribution in [1.29, 1.82) is 0 Å². The maximum absolute atomic E-state index is 13.5. The summed E-state index contributed by atoms with van der Waals surface area (Å²) in [6.45, 7) is 8.24. The quantitative estimate of drug-likeness (QED) is 0.0628. The number of hydrogen-bond acceptors (Lipinski definition) is 6. The highest BCUT2D eigenvalue weighted by atomic mass is 16.5. The Morgan fingerprint density at radius 2 is 1.48 bits per heavy atom. The molecule has 46 heavy (non-hydrogen) atoms. The van der Waals surface area contributed by atoms with Gasteiger partial charge in [0.05, 0.1) is 0 Å². The van der Waals surface area contributed by atoms with Gasteiger partial charge in [0.1, 0.15) is 18.7 Å². The Morgan fingerprint density at radius 1 is 0.848 bits per heavy atom. The van der Waals surface area contributed by atoms with Crippen molar-refractivity contribution in [1.82, 2.24) is 21.3 Å². The second-order valence-corrected chi connectivity index (χ2v) is 11.7. The molecular formula is C34H49N7O5. The van der Waals surface area contributed by atoms with E-state index < -0.39 is 30.1 Å². The van der Waals surface area contributed by atoms with Gasteiger partial charge < -0.3 is 37.5 Å². The third-order valence-electron chi connectivity index (χ3n) is 6.96. The number of nitrogens with two attached hydrogens (primary N) is 2. The lowest BCUT2D eigenvalue weighted by Gasteiger charge is -2.28. The molecule has 0 bridgehead atoms. The maximum atomic E-state index is 13.5. The first-order valence-corrected chi connectivity index (χ1v) is 15.6. The van der Waals surface area contributed by atoms with Crippen molar-refractivity contribution in [3.8, 4) is 0 Å². The summed E-state index contributed by atoms with van der Waals surface area (Å²) < 4.78 is 5.32. The van der Waals surface area contributed by atoms with Crippen molar-refractivity contribution in [2.45, 2.75) is 71.7 Å². The fourth-order valence-corrected chi connectivity index (χ4v) is 4.40. The van der Waals surface area contributed by atoms with Crippen molar-refractivity contribution < 1.29 is 23.9 Å². The number of alkyl carbamates (subject to hydrolysis) is 1. The molecule has 4 amide bonds. The van der Waals surface area contributed by atoms with Gasteiger partial charge in [0.2, 0.25) is 17.7 Å². The highest BCUT2D eigenvalue weighted by Gasteiger charge is 2.29. The molecule has 0 heterocycles. The lowest BCUT2D eigenvalue weighted by atomic mass is 9.99. The number of nitrogens with one attached hydrogen (secondary N) is 4. The van der Waals surface area contributed by atoms with Gasteiger partial charge in [-0.15, -0.1) is 0 Å². The lowest BCUT2D eigenvalue weighted by Crippen LogP contribution is -2.57. The molecule has 2 aromatic rings. The van der Waals surface area contributed by atoms with Gasteiger partial charge in [-0.25, -0.2) is 4.79 Å². The second kappa shape index (κ2) is 20.2. The van der Waals surface area contributed by atoms with Crippen molar-refractivity contribution in [2.75, 3.05) is 13.1 Å². The SMILES string of the molecule is CC(C)C[C@H](NC(=O)[C@@H](CCCN=C(N)N)NC(=O)OCc1ccccc1)C(=O)N[C@H](CNC(=O)C=Cc1ccccc1)C(C)C. The zero-order valence-corrected chi connectivity index (χ0v) is 27.2.